The van der Waals surface area contributed by atoms with Crippen LogP contribution in [0.4, 0.5) is 4.79 Å². The van der Waals surface area contributed by atoms with Crippen LogP contribution in [0.2, 0.25) is 0 Å². The Labute approximate surface area is 119 Å². The van der Waals surface area contributed by atoms with Gasteiger partial charge in [0.2, 0.25) is 10.0 Å². The standard InChI is InChI=1S/C11H23N3O5S/c1-9(3-4-10(15)16)5-6-12-11(17)13-7-8-14-20(2,18)19/h9,14H,3-8H2,1-2H3,(H,15,16)(H2,12,13,17). The second-order valence-electron chi connectivity index (χ2n) is 4.68. The smallest absolute Gasteiger partial charge is 0.314 e. The second kappa shape index (κ2) is 9.54. The maximum Gasteiger partial charge on any atom is 0.314 e. The Kier molecular flexibility index (Phi) is 8.89. The first-order valence-corrected chi connectivity index (χ1v) is 8.28. The van der Waals surface area contributed by atoms with Gasteiger partial charge >= 0.3 is 12.0 Å². The van der Waals surface area contributed by atoms with E-state index >= 15 is 0 Å². The first-order valence-electron chi connectivity index (χ1n) is 6.39. The molecule has 0 radical (unpaired) electrons. The fourth-order valence-electron chi connectivity index (χ4n) is 1.42. The number of nitrogens with one attached hydrogen (secondary N) is 3. The van der Waals surface area contributed by atoms with Gasteiger partial charge in [-0.05, 0) is 18.8 Å². The molecule has 20 heavy (non-hydrogen) atoms. The highest BCUT2D eigenvalue weighted by atomic mass is 32.2. The predicted octanol–water partition coefficient (Wildman–Crippen LogP) is -0.274. The monoisotopic (exact) mass is 309 g/mol. The van der Waals surface area contributed by atoms with Gasteiger partial charge < -0.3 is 15.7 Å². The fraction of sp³-hybridized carbons (Fsp3) is 0.818. The van der Waals surface area contributed by atoms with Crippen molar-refractivity contribution in [3.05, 3.63) is 0 Å². The molecule has 0 aliphatic heterocycles. The molecular formula is C11H23N3O5S. The molecule has 0 bridgehead atoms. The number of urea groups is 1. The summed E-state index contributed by atoms with van der Waals surface area (Å²) in [5.74, 6) is -0.598. The molecule has 1 atom stereocenters. The molecule has 0 aromatic rings. The van der Waals surface area contributed by atoms with Crippen LogP contribution >= 0.6 is 0 Å². The van der Waals surface area contributed by atoms with Gasteiger partial charge in [-0.3, -0.25) is 4.79 Å². The summed E-state index contributed by atoms with van der Waals surface area (Å²) >= 11 is 0. The van der Waals surface area contributed by atoms with E-state index in [1.54, 1.807) is 0 Å². The number of amides is 2. The van der Waals surface area contributed by atoms with E-state index in [9.17, 15) is 18.0 Å². The van der Waals surface area contributed by atoms with Crippen LogP contribution in [-0.4, -0.2) is 51.4 Å². The van der Waals surface area contributed by atoms with Crippen molar-refractivity contribution in [3.8, 4) is 0 Å². The summed E-state index contributed by atoms with van der Waals surface area (Å²) in [5, 5.41) is 13.7. The van der Waals surface area contributed by atoms with Crippen LogP contribution < -0.4 is 15.4 Å². The minimum atomic E-state index is -3.23. The molecule has 0 spiro atoms. The van der Waals surface area contributed by atoms with Crippen LogP contribution in [0, 0.1) is 5.92 Å². The lowest BCUT2D eigenvalue weighted by atomic mass is 10.0. The summed E-state index contributed by atoms with van der Waals surface area (Å²) in [6.07, 6.45) is 2.45. The first-order chi connectivity index (χ1) is 9.20. The number of carbonyl (C=O) groups is 2. The lowest BCUT2D eigenvalue weighted by molar-refractivity contribution is -0.137. The molecule has 0 fully saturated rings. The Morgan fingerprint density at radius 2 is 1.70 bits per heavy atom. The molecular weight excluding hydrogens is 286 g/mol. The maximum absolute atomic E-state index is 11.3. The van der Waals surface area contributed by atoms with E-state index in [4.69, 9.17) is 5.11 Å². The van der Waals surface area contributed by atoms with Gasteiger partial charge in [-0.25, -0.2) is 17.9 Å². The summed E-state index contributed by atoms with van der Waals surface area (Å²) in [5.41, 5.74) is 0. The van der Waals surface area contributed by atoms with E-state index in [0.717, 1.165) is 6.26 Å². The van der Waals surface area contributed by atoms with E-state index in [0.29, 0.717) is 19.4 Å². The number of aliphatic carboxylic acids is 1. The minimum Gasteiger partial charge on any atom is -0.481 e. The fourth-order valence-corrected chi connectivity index (χ4v) is 1.89. The van der Waals surface area contributed by atoms with Crippen LogP contribution in [0.5, 0.6) is 0 Å². The molecule has 0 saturated carbocycles. The quantitative estimate of drug-likeness (QED) is 0.413. The third kappa shape index (κ3) is 13.1. The predicted molar refractivity (Wildman–Crippen MR) is 74.9 cm³/mol. The first kappa shape index (κ1) is 18.7. The van der Waals surface area contributed by atoms with E-state index < -0.39 is 16.0 Å². The summed E-state index contributed by atoms with van der Waals surface area (Å²) < 4.78 is 23.8. The zero-order chi connectivity index (χ0) is 15.6. The van der Waals surface area contributed by atoms with Crippen LogP contribution in [0.1, 0.15) is 26.2 Å². The Bertz CT molecular complexity index is 410. The normalized spacial score (nSPS) is 12.7. The van der Waals surface area contributed by atoms with Crippen molar-refractivity contribution in [2.75, 3.05) is 25.9 Å². The number of carboxylic acids is 1. The highest BCUT2D eigenvalue weighted by molar-refractivity contribution is 7.88. The second-order valence-corrected chi connectivity index (χ2v) is 6.51. The zero-order valence-corrected chi connectivity index (χ0v) is 12.6. The van der Waals surface area contributed by atoms with Crippen LogP contribution in [0.15, 0.2) is 0 Å². The molecule has 0 saturated heterocycles. The van der Waals surface area contributed by atoms with Crippen LogP contribution in [-0.2, 0) is 14.8 Å². The molecule has 1 unspecified atom stereocenters. The summed E-state index contributed by atoms with van der Waals surface area (Å²) in [6, 6.07) is -0.370. The summed E-state index contributed by atoms with van der Waals surface area (Å²) in [4.78, 5) is 21.7. The van der Waals surface area contributed by atoms with Crippen molar-refractivity contribution >= 4 is 22.0 Å². The zero-order valence-electron chi connectivity index (χ0n) is 11.8. The topological polar surface area (TPSA) is 125 Å². The highest BCUT2D eigenvalue weighted by Gasteiger charge is 2.06. The number of carboxylic acid groups (broad SMARTS) is 1. The lowest BCUT2D eigenvalue weighted by Crippen LogP contribution is -2.40. The van der Waals surface area contributed by atoms with E-state index in [2.05, 4.69) is 15.4 Å². The van der Waals surface area contributed by atoms with E-state index in [1.807, 2.05) is 6.92 Å². The van der Waals surface area contributed by atoms with Crippen LogP contribution in [0.3, 0.4) is 0 Å². The largest absolute Gasteiger partial charge is 0.481 e. The van der Waals surface area contributed by atoms with Gasteiger partial charge in [0.15, 0.2) is 0 Å². The molecule has 8 nitrogen and oxygen atoms in total. The van der Waals surface area contributed by atoms with Crippen molar-refractivity contribution in [2.24, 2.45) is 5.92 Å². The SMILES string of the molecule is CC(CCNC(=O)NCCNS(C)(=O)=O)CCC(=O)O. The number of rotatable bonds is 10. The molecule has 0 aromatic heterocycles. The van der Waals surface area contributed by atoms with Crippen LogP contribution in [0.25, 0.3) is 0 Å². The third-order valence-electron chi connectivity index (χ3n) is 2.55. The van der Waals surface area contributed by atoms with E-state index in [-0.39, 0.29) is 31.5 Å². The summed E-state index contributed by atoms with van der Waals surface area (Å²) in [6.45, 7) is 2.72. The molecule has 0 rings (SSSR count). The van der Waals surface area contributed by atoms with Crippen molar-refractivity contribution in [1.82, 2.24) is 15.4 Å². The molecule has 9 heteroatoms. The van der Waals surface area contributed by atoms with Crippen molar-refractivity contribution in [2.45, 2.75) is 26.2 Å². The Hall–Kier alpha value is -1.35. The van der Waals surface area contributed by atoms with Crippen molar-refractivity contribution < 1.29 is 23.1 Å². The van der Waals surface area contributed by atoms with Gasteiger partial charge in [0.25, 0.3) is 0 Å². The Balaban J connectivity index is 3.56. The van der Waals surface area contributed by atoms with Crippen molar-refractivity contribution in [3.63, 3.8) is 0 Å². The molecule has 0 aromatic carbocycles. The van der Waals surface area contributed by atoms with Gasteiger partial charge in [-0.15, -0.1) is 0 Å². The molecule has 0 aliphatic rings. The van der Waals surface area contributed by atoms with E-state index in [1.165, 1.54) is 0 Å². The van der Waals surface area contributed by atoms with Gasteiger partial charge in [0.05, 0.1) is 6.26 Å². The molecule has 0 heterocycles. The maximum atomic E-state index is 11.3. The third-order valence-corrected chi connectivity index (χ3v) is 3.28. The van der Waals surface area contributed by atoms with Gasteiger partial charge in [-0.1, -0.05) is 6.92 Å². The van der Waals surface area contributed by atoms with Gasteiger partial charge in [0, 0.05) is 26.1 Å². The lowest BCUT2D eigenvalue weighted by Gasteiger charge is -2.11. The Morgan fingerprint density at radius 1 is 1.10 bits per heavy atom. The Morgan fingerprint density at radius 3 is 2.25 bits per heavy atom. The van der Waals surface area contributed by atoms with Gasteiger partial charge in [-0.2, -0.15) is 0 Å². The number of hydrogen-bond donors (Lipinski definition) is 4. The minimum absolute atomic E-state index is 0.129. The van der Waals surface area contributed by atoms with Gasteiger partial charge in [0.1, 0.15) is 0 Å². The number of sulfonamides is 1. The van der Waals surface area contributed by atoms with Crippen molar-refractivity contribution in [1.29, 1.82) is 0 Å². The average molecular weight is 309 g/mol. The molecule has 0 aliphatic carbocycles. The molecule has 4 N–H and O–H groups in total. The highest BCUT2D eigenvalue weighted by Crippen LogP contribution is 2.08. The average Bonchev–Trinajstić information content (AvgIpc) is 2.31. The molecule has 2 amide bonds. The number of carbonyl (C=O) groups excluding carboxylic acids is 1. The molecule has 118 valence electrons. The summed E-state index contributed by atoms with van der Waals surface area (Å²) in [7, 11) is -3.23. The number of hydrogen-bond acceptors (Lipinski definition) is 4.